The van der Waals surface area contributed by atoms with Crippen molar-refractivity contribution in [2.75, 3.05) is 19.7 Å². The first-order valence-corrected chi connectivity index (χ1v) is 7.41. The molecule has 1 aliphatic heterocycles. The number of hydrogen-bond acceptors (Lipinski definition) is 4. The number of primary amides is 1. The summed E-state index contributed by atoms with van der Waals surface area (Å²) in [6, 6.07) is 7.90. The van der Waals surface area contributed by atoms with Gasteiger partial charge in [0.15, 0.2) is 0 Å². The second-order valence-corrected chi connectivity index (χ2v) is 5.48. The number of nitrogens with two attached hydrogens (primary N) is 1. The Labute approximate surface area is 131 Å². The lowest BCUT2D eigenvalue weighted by Gasteiger charge is -2.35. The number of ether oxygens (including phenoxy) is 2. The van der Waals surface area contributed by atoms with Crippen molar-refractivity contribution < 1.29 is 14.3 Å². The van der Waals surface area contributed by atoms with Crippen LogP contribution in [0.5, 0.6) is 5.75 Å². The van der Waals surface area contributed by atoms with Crippen LogP contribution in [-0.4, -0.2) is 42.7 Å². The highest BCUT2D eigenvalue weighted by atomic mass is 16.5. The normalized spacial score (nSPS) is 22.0. The lowest BCUT2D eigenvalue weighted by Crippen LogP contribution is -2.51. The smallest absolute Gasteiger partial charge is 0.247 e. The fourth-order valence-electron chi connectivity index (χ4n) is 2.50. The molecule has 0 radical (unpaired) electrons. The topological polar surface area (TPSA) is 64.8 Å². The van der Waals surface area contributed by atoms with Crippen molar-refractivity contribution in [1.82, 2.24) is 4.90 Å². The van der Waals surface area contributed by atoms with Crippen LogP contribution in [0, 0.1) is 12.3 Å². The second-order valence-electron chi connectivity index (χ2n) is 5.48. The lowest BCUT2D eigenvalue weighted by atomic mass is 10.1. The van der Waals surface area contributed by atoms with Crippen LogP contribution in [0.1, 0.15) is 18.9 Å². The fourth-order valence-corrected chi connectivity index (χ4v) is 2.50. The van der Waals surface area contributed by atoms with Crippen molar-refractivity contribution in [2.45, 2.75) is 32.1 Å². The van der Waals surface area contributed by atoms with E-state index in [1.165, 1.54) is 0 Å². The van der Waals surface area contributed by atoms with Gasteiger partial charge in [0, 0.05) is 26.1 Å². The van der Waals surface area contributed by atoms with E-state index >= 15 is 0 Å². The Hall–Kier alpha value is -2.03. The molecule has 22 heavy (non-hydrogen) atoms. The van der Waals surface area contributed by atoms with E-state index < -0.39 is 12.0 Å². The third kappa shape index (κ3) is 4.76. The highest BCUT2D eigenvalue weighted by Crippen LogP contribution is 2.17. The van der Waals surface area contributed by atoms with Gasteiger partial charge < -0.3 is 15.2 Å². The minimum atomic E-state index is -0.532. The minimum absolute atomic E-state index is 0.00220. The highest BCUT2D eigenvalue weighted by molar-refractivity contribution is 5.79. The molecule has 2 N–H and O–H groups in total. The number of amides is 1. The van der Waals surface area contributed by atoms with Crippen LogP contribution in [0.25, 0.3) is 0 Å². The third-order valence-corrected chi connectivity index (χ3v) is 3.50. The summed E-state index contributed by atoms with van der Waals surface area (Å²) in [4.78, 5) is 13.5. The van der Waals surface area contributed by atoms with Gasteiger partial charge in [0.05, 0.1) is 12.7 Å². The van der Waals surface area contributed by atoms with Crippen LogP contribution < -0.4 is 10.5 Å². The van der Waals surface area contributed by atoms with Gasteiger partial charge in [0.1, 0.15) is 11.9 Å². The molecule has 118 valence electrons. The second kappa shape index (κ2) is 7.83. The van der Waals surface area contributed by atoms with Crippen LogP contribution >= 0.6 is 0 Å². The number of carbonyl (C=O) groups is 1. The molecule has 0 aromatic heterocycles. The zero-order chi connectivity index (χ0) is 15.9. The Bertz CT molecular complexity index is 536. The molecular formula is C17H22N2O3. The SMILES string of the molecule is C#CCCOc1ccc(CN2C[C@@H](C)O[C@H](C(N)=O)C2)cc1. The zero-order valence-corrected chi connectivity index (χ0v) is 12.8. The Balaban J connectivity index is 1.90. The Morgan fingerprint density at radius 3 is 2.82 bits per heavy atom. The van der Waals surface area contributed by atoms with Gasteiger partial charge >= 0.3 is 0 Å². The van der Waals surface area contributed by atoms with Crippen LogP contribution in [0.15, 0.2) is 24.3 Å². The van der Waals surface area contributed by atoms with E-state index in [1.807, 2.05) is 31.2 Å². The molecule has 5 heteroatoms. The van der Waals surface area contributed by atoms with Crippen LogP contribution in [-0.2, 0) is 16.1 Å². The number of terminal acetylenes is 1. The predicted molar refractivity (Wildman–Crippen MR) is 84.2 cm³/mol. The zero-order valence-electron chi connectivity index (χ0n) is 12.8. The predicted octanol–water partition coefficient (Wildman–Crippen LogP) is 1.16. The molecule has 2 rings (SSSR count). The van der Waals surface area contributed by atoms with Crippen LogP contribution in [0.2, 0.25) is 0 Å². The van der Waals surface area contributed by atoms with Gasteiger partial charge in [-0.3, -0.25) is 9.69 Å². The first-order valence-electron chi connectivity index (χ1n) is 7.41. The molecule has 5 nitrogen and oxygen atoms in total. The van der Waals surface area contributed by atoms with Gasteiger partial charge in [0.25, 0.3) is 0 Å². The highest BCUT2D eigenvalue weighted by Gasteiger charge is 2.28. The van der Waals surface area contributed by atoms with E-state index in [0.29, 0.717) is 19.6 Å². The maximum Gasteiger partial charge on any atom is 0.247 e. The van der Waals surface area contributed by atoms with Gasteiger partial charge in [-0.1, -0.05) is 12.1 Å². The number of rotatable bonds is 6. The molecule has 0 bridgehead atoms. The molecule has 1 aromatic rings. The Kier molecular flexibility index (Phi) is 5.82. The molecule has 1 aromatic carbocycles. The number of carbonyl (C=O) groups excluding carboxylic acids is 1. The summed E-state index contributed by atoms with van der Waals surface area (Å²) in [7, 11) is 0. The first-order chi connectivity index (χ1) is 10.6. The van der Waals surface area contributed by atoms with Gasteiger partial charge in [-0.05, 0) is 24.6 Å². The van der Waals surface area contributed by atoms with Crippen LogP contribution in [0.4, 0.5) is 0 Å². The molecule has 1 saturated heterocycles. The van der Waals surface area contributed by atoms with Crippen molar-refractivity contribution in [3.05, 3.63) is 29.8 Å². The monoisotopic (exact) mass is 302 g/mol. The molecule has 0 unspecified atom stereocenters. The van der Waals surface area contributed by atoms with E-state index in [1.54, 1.807) is 0 Å². The number of hydrogen-bond donors (Lipinski definition) is 1. The molecule has 0 aliphatic carbocycles. The van der Waals surface area contributed by atoms with Gasteiger partial charge in [-0.2, -0.15) is 0 Å². The quantitative estimate of drug-likeness (QED) is 0.633. The summed E-state index contributed by atoms with van der Waals surface area (Å²) in [5.74, 6) is 2.94. The number of benzene rings is 1. The minimum Gasteiger partial charge on any atom is -0.493 e. The average molecular weight is 302 g/mol. The van der Waals surface area contributed by atoms with Gasteiger partial charge in [-0.25, -0.2) is 0 Å². The number of morpholine rings is 1. The van der Waals surface area contributed by atoms with E-state index in [4.69, 9.17) is 21.6 Å². The van der Waals surface area contributed by atoms with Crippen molar-refractivity contribution in [3.8, 4) is 18.1 Å². The standard InChI is InChI=1S/C17H22N2O3/c1-3-4-9-21-15-7-5-14(6-8-15)11-19-10-13(2)22-16(12-19)17(18)20/h1,5-8,13,16H,4,9-12H2,2H3,(H2,18,20)/t13-,16+/m1/s1. The summed E-state index contributed by atoms with van der Waals surface area (Å²) < 4.78 is 11.1. The van der Waals surface area contributed by atoms with Crippen LogP contribution in [0.3, 0.4) is 0 Å². The third-order valence-electron chi connectivity index (χ3n) is 3.50. The van der Waals surface area contributed by atoms with E-state index in [0.717, 1.165) is 24.4 Å². The summed E-state index contributed by atoms with van der Waals surface area (Å²) in [5, 5.41) is 0. The van der Waals surface area contributed by atoms with Crippen molar-refractivity contribution in [3.63, 3.8) is 0 Å². The molecule has 1 fully saturated rings. The summed E-state index contributed by atoms with van der Waals surface area (Å²) in [5.41, 5.74) is 6.50. The summed E-state index contributed by atoms with van der Waals surface area (Å²) in [6.45, 7) is 4.54. The molecule has 2 atom stereocenters. The molecule has 1 heterocycles. The maximum atomic E-state index is 11.3. The fraction of sp³-hybridized carbons (Fsp3) is 0.471. The van der Waals surface area contributed by atoms with E-state index in [9.17, 15) is 4.79 Å². The molecule has 1 amide bonds. The average Bonchev–Trinajstić information content (AvgIpc) is 2.48. The summed E-state index contributed by atoms with van der Waals surface area (Å²) in [6.07, 6.45) is 5.25. The maximum absolute atomic E-state index is 11.3. The van der Waals surface area contributed by atoms with E-state index in [-0.39, 0.29) is 6.10 Å². The molecule has 1 aliphatic rings. The Morgan fingerprint density at radius 1 is 1.45 bits per heavy atom. The van der Waals surface area contributed by atoms with Crippen molar-refractivity contribution >= 4 is 5.91 Å². The Morgan fingerprint density at radius 2 is 2.18 bits per heavy atom. The molecule has 0 spiro atoms. The van der Waals surface area contributed by atoms with Gasteiger partial charge in [-0.15, -0.1) is 12.3 Å². The number of nitrogens with zero attached hydrogens (tertiary/aromatic N) is 1. The lowest BCUT2D eigenvalue weighted by molar-refractivity contribution is -0.142. The molecule has 0 saturated carbocycles. The van der Waals surface area contributed by atoms with Gasteiger partial charge in [0.2, 0.25) is 5.91 Å². The molecular weight excluding hydrogens is 280 g/mol. The van der Waals surface area contributed by atoms with Crippen molar-refractivity contribution in [1.29, 1.82) is 0 Å². The first kappa shape index (κ1) is 16.3. The largest absolute Gasteiger partial charge is 0.493 e. The van der Waals surface area contributed by atoms with Crippen molar-refractivity contribution in [2.24, 2.45) is 5.73 Å². The van der Waals surface area contributed by atoms with E-state index in [2.05, 4.69) is 10.8 Å². The summed E-state index contributed by atoms with van der Waals surface area (Å²) >= 11 is 0.